The lowest BCUT2D eigenvalue weighted by atomic mass is 9.90. The molecule has 0 aromatic carbocycles. The van der Waals surface area contributed by atoms with E-state index in [2.05, 4.69) is 22.4 Å². The molecule has 1 atom stereocenters. The molecule has 2 fully saturated rings. The van der Waals surface area contributed by atoms with Gasteiger partial charge in [-0.25, -0.2) is 0 Å². The Morgan fingerprint density at radius 1 is 1.11 bits per heavy atom. The van der Waals surface area contributed by atoms with Crippen LogP contribution in [0.4, 0.5) is 0 Å². The van der Waals surface area contributed by atoms with Crippen molar-refractivity contribution in [1.82, 2.24) is 10.3 Å². The number of fused-ring (bicyclic) bond motifs is 1. The zero-order valence-corrected chi connectivity index (χ0v) is 10.9. The number of nitrogens with zero attached hydrogens (tertiary/aromatic N) is 1. The Bertz CT molecular complexity index is 422. The highest BCUT2D eigenvalue weighted by Gasteiger charge is 2.42. The average Bonchev–Trinajstić information content (AvgIpc) is 3.29. The van der Waals surface area contributed by atoms with E-state index in [-0.39, 0.29) is 0 Å². The Kier molecular flexibility index (Phi) is 2.65. The summed E-state index contributed by atoms with van der Waals surface area (Å²) in [5.41, 5.74) is 2.82. The molecule has 0 spiro atoms. The maximum absolute atomic E-state index is 4.65. The molecule has 2 heteroatoms. The number of hydrogen-bond donors (Lipinski definition) is 1. The Hall–Kier alpha value is -0.890. The molecule has 3 aliphatic rings. The van der Waals surface area contributed by atoms with Crippen LogP contribution in [0.2, 0.25) is 0 Å². The maximum Gasteiger partial charge on any atom is 0.0605 e. The predicted octanol–water partition coefficient (Wildman–Crippen LogP) is 3.24. The van der Waals surface area contributed by atoms with E-state index < -0.39 is 0 Å². The highest BCUT2D eigenvalue weighted by Crippen LogP contribution is 2.46. The van der Waals surface area contributed by atoms with Crippen LogP contribution in [0.3, 0.4) is 0 Å². The molecule has 2 saturated carbocycles. The van der Waals surface area contributed by atoms with E-state index in [1.165, 1.54) is 56.2 Å². The van der Waals surface area contributed by atoms with Gasteiger partial charge in [0.1, 0.15) is 0 Å². The first-order valence-corrected chi connectivity index (χ1v) is 7.61. The van der Waals surface area contributed by atoms with E-state index in [0.717, 1.165) is 17.9 Å². The normalized spacial score (nSPS) is 27.3. The minimum Gasteiger partial charge on any atom is -0.305 e. The van der Waals surface area contributed by atoms with Gasteiger partial charge < -0.3 is 5.32 Å². The van der Waals surface area contributed by atoms with E-state index in [1.807, 2.05) is 6.20 Å². The number of pyridine rings is 1. The molecule has 3 aliphatic carbocycles. The summed E-state index contributed by atoms with van der Waals surface area (Å²) in [7, 11) is 0. The third-order valence-corrected chi connectivity index (χ3v) is 4.85. The van der Waals surface area contributed by atoms with Gasteiger partial charge in [0.05, 0.1) is 5.69 Å². The van der Waals surface area contributed by atoms with Gasteiger partial charge in [-0.2, -0.15) is 0 Å². The van der Waals surface area contributed by atoms with Crippen molar-refractivity contribution in [3.8, 4) is 0 Å². The average molecular weight is 242 g/mol. The molecule has 4 rings (SSSR count). The molecule has 0 bridgehead atoms. The van der Waals surface area contributed by atoms with Crippen LogP contribution in [0.1, 0.15) is 55.8 Å². The fourth-order valence-electron chi connectivity index (χ4n) is 3.57. The lowest BCUT2D eigenvalue weighted by Gasteiger charge is -2.30. The molecule has 18 heavy (non-hydrogen) atoms. The van der Waals surface area contributed by atoms with E-state index in [4.69, 9.17) is 0 Å². The van der Waals surface area contributed by atoms with E-state index in [0.29, 0.717) is 6.04 Å². The molecule has 1 unspecified atom stereocenters. The van der Waals surface area contributed by atoms with Crippen LogP contribution in [-0.4, -0.2) is 11.0 Å². The van der Waals surface area contributed by atoms with E-state index in [1.54, 1.807) is 0 Å². The van der Waals surface area contributed by atoms with Crippen LogP contribution in [0.5, 0.6) is 0 Å². The number of aryl methyl sites for hydroxylation is 1. The van der Waals surface area contributed by atoms with Crippen molar-refractivity contribution in [3.63, 3.8) is 0 Å². The number of aromatic nitrogens is 1. The monoisotopic (exact) mass is 242 g/mol. The molecule has 0 aliphatic heterocycles. The fourth-order valence-corrected chi connectivity index (χ4v) is 3.57. The van der Waals surface area contributed by atoms with Gasteiger partial charge >= 0.3 is 0 Å². The van der Waals surface area contributed by atoms with Crippen LogP contribution >= 0.6 is 0 Å². The second kappa shape index (κ2) is 4.34. The van der Waals surface area contributed by atoms with Crippen molar-refractivity contribution in [2.24, 2.45) is 11.8 Å². The van der Waals surface area contributed by atoms with Gasteiger partial charge in [-0.15, -0.1) is 0 Å². The minimum absolute atomic E-state index is 0.529. The summed E-state index contributed by atoms with van der Waals surface area (Å²) in [6.07, 6.45) is 11.6. The first-order chi connectivity index (χ1) is 8.92. The molecule has 96 valence electrons. The number of nitrogens with one attached hydrogen (secondary N) is 1. The highest BCUT2D eigenvalue weighted by molar-refractivity contribution is 5.25. The van der Waals surface area contributed by atoms with E-state index >= 15 is 0 Å². The van der Waals surface area contributed by atoms with Gasteiger partial charge in [-0.1, -0.05) is 6.07 Å². The largest absolute Gasteiger partial charge is 0.305 e. The SMILES string of the molecule is c1cnc2c(c1)CCCC2NC(C1CC1)C1CC1. The first kappa shape index (κ1) is 11.0. The van der Waals surface area contributed by atoms with Crippen LogP contribution in [0.15, 0.2) is 18.3 Å². The molecular formula is C16H22N2. The number of hydrogen-bond acceptors (Lipinski definition) is 2. The third kappa shape index (κ3) is 2.07. The van der Waals surface area contributed by atoms with Crippen molar-refractivity contribution >= 4 is 0 Å². The summed E-state index contributed by atoms with van der Waals surface area (Å²) in [6, 6.07) is 5.67. The van der Waals surface area contributed by atoms with Gasteiger partial charge in [0, 0.05) is 18.3 Å². The summed E-state index contributed by atoms with van der Waals surface area (Å²) < 4.78 is 0. The van der Waals surface area contributed by atoms with Gasteiger partial charge in [0.25, 0.3) is 0 Å². The summed E-state index contributed by atoms with van der Waals surface area (Å²) in [6.45, 7) is 0. The smallest absolute Gasteiger partial charge is 0.0605 e. The summed E-state index contributed by atoms with van der Waals surface area (Å²) in [4.78, 5) is 4.65. The fraction of sp³-hybridized carbons (Fsp3) is 0.688. The summed E-state index contributed by atoms with van der Waals surface area (Å²) in [5.74, 6) is 1.96. The molecule has 1 aromatic rings. The molecule has 0 amide bonds. The molecular weight excluding hydrogens is 220 g/mol. The Morgan fingerprint density at radius 3 is 2.61 bits per heavy atom. The predicted molar refractivity (Wildman–Crippen MR) is 72.3 cm³/mol. The molecule has 2 nitrogen and oxygen atoms in total. The molecule has 1 aromatic heterocycles. The zero-order valence-electron chi connectivity index (χ0n) is 10.9. The Morgan fingerprint density at radius 2 is 1.89 bits per heavy atom. The van der Waals surface area contributed by atoms with Crippen LogP contribution in [0, 0.1) is 11.8 Å². The first-order valence-electron chi connectivity index (χ1n) is 7.61. The van der Waals surface area contributed by atoms with E-state index in [9.17, 15) is 0 Å². The molecule has 0 radical (unpaired) electrons. The molecule has 1 N–H and O–H groups in total. The van der Waals surface area contributed by atoms with Crippen LogP contribution in [0.25, 0.3) is 0 Å². The quantitative estimate of drug-likeness (QED) is 0.876. The Balaban J connectivity index is 1.54. The van der Waals surface area contributed by atoms with Gasteiger partial charge in [0.15, 0.2) is 0 Å². The van der Waals surface area contributed by atoms with Crippen LogP contribution in [-0.2, 0) is 6.42 Å². The lowest BCUT2D eigenvalue weighted by molar-refractivity contribution is 0.335. The summed E-state index contributed by atoms with van der Waals surface area (Å²) >= 11 is 0. The summed E-state index contributed by atoms with van der Waals surface area (Å²) in [5, 5.41) is 3.97. The third-order valence-electron chi connectivity index (χ3n) is 4.85. The van der Waals surface area contributed by atoms with Crippen molar-refractivity contribution in [2.75, 3.05) is 0 Å². The van der Waals surface area contributed by atoms with Crippen LogP contribution < -0.4 is 5.32 Å². The topological polar surface area (TPSA) is 24.9 Å². The lowest BCUT2D eigenvalue weighted by Crippen LogP contribution is -2.38. The minimum atomic E-state index is 0.529. The van der Waals surface area contributed by atoms with Gasteiger partial charge in [-0.05, 0) is 68.4 Å². The number of rotatable bonds is 4. The van der Waals surface area contributed by atoms with Crippen molar-refractivity contribution in [1.29, 1.82) is 0 Å². The second-order valence-electron chi connectivity index (χ2n) is 6.36. The Labute approximate surface area is 109 Å². The van der Waals surface area contributed by atoms with Crippen molar-refractivity contribution in [2.45, 2.75) is 57.0 Å². The second-order valence-corrected chi connectivity index (χ2v) is 6.36. The van der Waals surface area contributed by atoms with Gasteiger partial charge in [0.2, 0.25) is 0 Å². The van der Waals surface area contributed by atoms with Crippen molar-refractivity contribution < 1.29 is 0 Å². The van der Waals surface area contributed by atoms with Crippen molar-refractivity contribution in [3.05, 3.63) is 29.6 Å². The molecule has 0 saturated heterocycles. The highest BCUT2D eigenvalue weighted by atomic mass is 15.0. The zero-order chi connectivity index (χ0) is 11.9. The standard InChI is InChI=1S/C16H22N2/c1-3-11-4-2-10-17-16(11)14(5-1)18-15(12-6-7-12)13-8-9-13/h2,4,10,12-15,18H,1,3,5-9H2. The van der Waals surface area contributed by atoms with Gasteiger partial charge in [-0.3, -0.25) is 4.98 Å². The maximum atomic E-state index is 4.65. The molecule has 1 heterocycles.